The Hall–Kier alpha value is -3.18. The van der Waals surface area contributed by atoms with Crippen LogP contribution in [0.4, 0.5) is 22.0 Å². The number of ketones is 1. The van der Waals surface area contributed by atoms with E-state index in [2.05, 4.69) is 15.5 Å². The van der Waals surface area contributed by atoms with Crippen molar-refractivity contribution >= 4 is 17.6 Å². The fraction of sp³-hybridized carbons (Fsp3) is 0.522. The number of carbonyl (C=O) groups excluding carboxylic acids is 3. The minimum atomic E-state index is -3.01. The van der Waals surface area contributed by atoms with Crippen LogP contribution >= 0.6 is 0 Å². The second-order valence-corrected chi connectivity index (χ2v) is 9.43. The van der Waals surface area contributed by atoms with E-state index in [9.17, 15) is 36.3 Å². The second-order valence-electron chi connectivity index (χ2n) is 9.43. The van der Waals surface area contributed by atoms with Crippen molar-refractivity contribution in [2.75, 3.05) is 13.1 Å². The number of azo groups is 1. The predicted octanol–water partition coefficient (Wildman–Crippen LogP) is 3.48. The lowest BCUT2D eigenvalue weighted by molar-refractivity contribution is -0.154. The van der Waals surface area contributed by atoms with Crippen LogP contribution in [0.5, 0.6) is 0 Å². The van der Waals surface area contributed by atoms with Crippen LogP contribution in [0.25, 0.3) is 0 Å². The van der Waals surface area contributed by atoms with Gasteiger partial charge in [-0.25, -0.2) is 22.0 Å². The SMILES string of the molecule is CC1=C(C2(NC(=O)C(=O)N3CC[C@H](C(=O)Cc4cc(F)c(F)c(F)c4)[C@@H]3C)CC(F)(F)C2)N=NC1. The van der Waals surface area contributed by atoms with Gasteiger partial charge in [-0.2, -0.15) is 10.2 Å². The van der Waals surface area contributed by atoms with Crippen molar-refractivity contribution in [1.82, 2.24) is 10.2 Å². The summed E-state index contributed by atoms with van der Waals surface area (Å²) in [7, 11) is 0. The highest BCUT2D eigenvalue weighted by molar-refractivity contribution is 6.35. The Kier molecular flexibility index (Phi) is 6.26. The number of benzene rings is 1. The number of amides is 2. The lowest BCUT2D eigenvalue weighted by Crippen LogP contribution is -2.65. The molecule has 2 fully saturated rings. The summed E-state index contributed by atoms with van der Waals surface area (Å²) in [4.78, 5) is 39.6. The van der Waals surface area contributed by atoms with Gasteiger partial charge in [-0.3, -0.25) is 14.4 Å². The monoisotopic (exact) mass is 498 g/mol. The molecule has 0 spiro atoms. The highest BCUT2D eigenvalue weighted by atomic mass is 19.3. The van der Waals surface area contributed by atoms with Gasteiger partial charge in [-0.15, -0.1) is 0 Å². The first kappa shape index (κ1) is 24.9. The number of carbonyl (C=O) groups is 3. The number of rotatable bonds is 5. The van der Waals surface area contributed by atoms with Gasteiger partial charge in [0.1, 0.15) is 5.78 Å². The average Bonchev–Trinajstić information content (AvgIpc) is 3.35. The zero-order chi connectivity index (χ0) is 25.7. The van der Waals surface area contributed by atoms with Gasteiger partial charge >= 0.3 is 11.8 Å². The molecule has 0 bridgehead atoms. The topological polar surface area (TPSA) is 91.2 Å². The summed E-state index contributed by atoms with van der Waals surface area (Å²) >= 11 is 0. The third-order valence-electron chi connectivity index (χ3n) is 6.86. The molecule has 2 aliphatic heterocycles. The van der Waals surface area contributed by atoms with Crippen molar-refractivity contribution in [1.29, 1.82) is 0 Å². The molecule has 2 heterocycles. The number of alkyl halides is 2. The number of hydrogen-bond acceptors (Lipinski definition) is 5. The Balaban J connectivity index is 1.43. The molecule has 1 aliphatic carbocycles. The quantitative estimate of drug-likeness (QED) is 0.383. The molecule has 35 heavy (non-hydrogen) atoms. The molecule has 1 saturated heterocycles. The van der Waals surface area contributed by atoms with Crippen LogP contribution in [0.2, 0.25) is 0 Å². The Morgan fingerprint density at radius 3 is 2.31 bits per heavy atom. The lowest BCUT2D eigenvalue weighted by Gasteiger charge is -2.47. The molecule has 12 heteroatoms. The molecular formula is C23H23F5N4O3. The molecule has 188 valence electrons. The second kappa shape index (κ2) is 8.80. The molecule has 0 radical (unpaired) electrons. The summed E-state index contributed by atoms with van der Waals surface area (Å²) in [6.45, 7) is 3.50. The van der Waals surface area contributed by atoms with Crippen molar-refractivity contribution < 1.29 is 36.3 Å². The van der Waals surface area contributed by atoms with E-state index >= 15 is 0 Å². The molecule has 7 nitrogen and oxygen atoms in total. The molecular weight excluding hydrogens is 475 g/mol. The van der Waals surface area contributed by atoms with Crippen LogP contribution in [0.3, 0.4) is 0 Å². The van der Waals surface area contributed by atoms with Crippen LogP contribution in [0.1, 0.15) is 38.7 Å². The maximum absolute atomic E-state index is 13.8. The largest absolute Gasteiger partial charge is 0.336 e. The number of nitrogens with one attached hydrogen (secondary N) is 1. The summed E-state index contributed by atoms with van der Waals surface area (Å²) in [6, 6.07) is 0.746. The smallest absolute Gasteiger partial charge is 0.312 e. The maximum atomic E-state index is 13.8. The van der Waals surface area contributed by atoms with E-state index in [0.29, 0.717) is 5.57 Å². The number of halogens is 5. The standard InChI is InChI=1S/C23H23F5N4O3/c1-11-8-29-31-19(11)22(9-23(27,28)10-22)30-20(34)21(35)32-4-3-14(12(32)2)17(33)7-13-5-15(24)18(26)16(25)6-13/h5-6,12,14H,3-4,7-10H2,1-2H3,(H,30,34)/t12-,14-/m0/s1. The van der Waals surface area contributed by atoms with Gasteiger partial charge in [-0.1, -0.05) is 0 Å². The van der Waals surface area contributed by atoms with Gasteiger partial charge in [0.05, 0.1) is 17.8 Å². The number of nitrogens with zero attached hydrogens (tertiary/aromatic N) is 3. The summed E-state index contributed by atoms with van der Waals surface area (Å²) in [5.74, 6) is -10.7. The van der Waals surface area contributed by atoms with Gasteiger partial charge < -0.3 is 10.2 Å². The van der Waals surface area contributed by atoms with E-state index in [0.717, 1.165) is 12.1 Å². The van der Waals surface area contributed by atoms with Crippen LogP contribution in [0, 0.1) is 23.4 Å². The van der Waals surface area contributed by atoms with Gasteiger partial charge in [0.2, 0.25) is 0 Å². The number of likely N-dealkylation sites (tertiary alicyclic amines) is 1. The number of hydrogen-bond donors (Lipinski definition) is 1. The normalized spacial score (nSPS) is 24.5. The summed E-state index contributed by atoms with van der Waals surface area (Å²) < 4.78 is 67.6. The van der Waals surface area contributed by atoms with Crippen LogP contribution in [-0.2, 0) is 20.8 Å². The molecule has 4 rings (SSSR count). The molecule has 1 aromatic carbocycles. The van der Waals surface area contributed by atoms with E-state index in [1.807, 2.05) is 0 Å². The van der Waals surface area contributed by atoms with E-state index in [1.165, 1.54) is 4.90 Å². The molecule has 0 unspecified atom stereocenters. The first-order valence-electron chi connectivity index (χ1n) is 11.1. The molecule has 2 atom stereocenters. The van der Waals surface area contributed by atoms with Crippen molar-refractivity contribution in [2.45, 2.75) is 57.0 Å². The van der Waals surface area contributed by atoms with Gasteiger partial charge in [0.25, 0.3) is 5.92 Å². The van der Waals surface area contributed by atoms with Gasteiger partial charge in [-0.05, 0) is 43.5 Å². The Morgan fingerprint density at radius 2 is 1.77 bits per heavy atom. The fourth-order valence-corrected chi connectivity index (χ4v) is 5.12. The van der Waals surface area contributed by atoms with Crippen molar-refractivity contribution in [3.05, 3.63) is 46.4 Å². The molecule has 2 amide bonds. The molecule has 3 aliphatic rings. The summed E-state index contributed by atoms with van der Waals surface area (Å²) in [5.41, 5.74) is -0.689. The highest BCUT2D eigenvalue weighted by Gasteiger charge is 2.61. The fourth-order valence-electron chi connectivity index (χ4n) is 5.12. The zero-order valence-electron chi connectivity index (χ0n) is 19.0. The van der Waals surface area contributed by atoms with E-state index in [4.69, 9.17) is 0 Å². The average molecular weight is 498 g/mol. The maximum Gasteiger partial charge on any atom is 0.312 e. The van der Waals surface area contributed by atoms with Crippen LogP contribution in [-0.4, -0.2) is 53.1 Å². The van der Waals surface area contributed by atoms with E-state index < -0.39 is 71.3 Å². The Bertz CT molecular complexity index is 1130. The summed E-state index contributed by atoms with van der Waals surface area (Å²) in [5, 5.41) is 10.2. The molecule has 1 aromatic rings. The first-order chi connectivity index (χ1) is 16.3. The van der Waals surface area contributed by atoms with Gasteiger partial charge in [0.15, 0.2) is 17.5 Å². The molecule has 1 saturated carbocycles. The molecule has 1 N–H and O–H groups in total. The van der Waals surface area contributed by atoms with Crippen LogP contribution < -0.4 is 5.32 Å². The minimum Gasteiger partial charge on any atom is -0.336 e. The van der Waals surface area contributed by atoms with Gasteiger partial charge in [0, 0.05) is 37.8 Å². The Labute approximate surface area is 197 Å². The first-order valence-corrected chi connectivity index (χ1v) is 11.1. The van der Waals surface area contributed by atoms with Crippen molar-refractivity contribution in [3.8, 4) is 0 Å². The van der Waals surface area contributed by atoms with Crippen molar-refractivity contribution in [3.63, 3.8) is 0 Å². The third kappa shape index (κ3) is 4.57. The molecule has 0 aromatic heterocycles. The Morgan fingerprint density at radius 1 is 1.14 bits per heavy atom. The number of Topliss-reactive ketones (excluding diaryl/α,β-unsaturated/α-hetero) is 1. The predicted molar refractivity (Wildman–Crippen MR) is 112 cm³/mol. The highest BCUT2D eigenvalue weighted by Crippen LogP contribution is 2.51. The zero-order valence-corrected chi connectivity index (χ0v) is 19.0. The minimum absolute atomic E-state index is 0.0525. The van der Waals surface area contributed by atoms with E-state index in [1.54, 1.807) is 13.8 Å². The lowest BCUT2D eigenvalue weighted by atomic mass is 9.70. The third-order valence-corrected chi connectivity index (χ3v) is 6.86. The van der Waals surface area contributed by atoms with Crippen molar-refractivity contribution in [2.24, 2.45) is 16.1 Å². The van der Waals surface area contributed by atoms with Crippen LogP contribution in [0.15, 0.2) is 33.6 Å². The summed E-state index contributed by atoms with van der Waals surface area (Å²) in [6.07, 6.45) is -1.58. The van der Waals surface area contributed by atoms with E-state index in [-0.39, 0.29) is 37.2 Å².